The highest BCUT2D eigenvalue weighted by Gasteiger charge is 2.46. The molecule has 2 atom stereocenters. The number of aromatic nitrogens is 3. The van der Waals surface area contributed by atoms with Crippen LogP contribution in [0.2, 0.25) is 0 Å². The number of amides is 1. The van der Waals surface area contributed by atoms with Crippen LogP contribution in [0.1, 0.15) is 17.8 Å². The fourth-order valence-electron chi connectivity index (χ4n) is 3.68. The van der Waals surface area contributed by atoms with Crippen molar-refractivity contribution in [2.45, 2.75) is 36.3 Å². The third kappa shape index (κ3) is 5.33. The van der Waals surface area contributed by atoms with Gasteiger partial charge >= 0.3 is 6.18 Å². The lowest BCUT2D eigenvalue weighted by molar-refractivity contribution is -0.141. The molecule has 0 unspecified atom stereocenters. The smallest absolute Gasteiger partial charge is 0.349 e. The van der Waals surface area contributed by atoms with E-state index in [1.165, 1.54) is 12.1 Å². The maximum atomic E-state index is 14.6. The predicted molar refractivity (Wildman–Crippen MR) is 116 cm³/mol. The van der Waals surface area contributed by atoms with Crippen LogP contribution < -0.4 is 5.32 Å². The molecular weight excluding hydrogens is 509 g/mol. The lowest BCUT2D eigenvalue weighted by Crippen LogP contribution is -2.49. The number of alkyl halides is 4. The highest BCUT2D eigenvalue weighted by atomic mass is 32.2. The first-order valence-corrected chi connectivity index (χ1v) is 11.9. The van der Waals surface area contributed by atoms with Gasteiger partial charge in [0.2, 0.25) is 15.9 Å². The highest BCUT2D eigenvalue weighted by Crippen LogP contribution is 2.30. The molecule has 3 aromatic rings. The van der Waals surface area contributed by atoms with Crippen LogP contribution in [-0.4, -0.2) is 52.3 Å². The van der Waals surface area contributed by atoms with Crippen LogP contribution in [0.15, 0.2) is 59.9 Å². The zero-order valence-electron chi connectivity index (χ0n) is 18.3. The molecule has 1 aliphatic rings. The van der Waals surface area contributed by atoms with E-state index in [1.54, 1.807) is 0 Å². The number of carbonyl (C=O) groups is 1. The van der Waals surface area contributed by atoms with Gasteiger partial charge in [-0.15, -0.1) is 0 Å². The van der Waals surface area contributed by atoms with Crippen molar-refractivity contribution < 1.29 is 35.2 Å². The third-order valence-electron chi connectivity index (χ3n) is 5.48. The molecule has 3 heterocycles. The number of hydrogen-bond donors (Lipinski definition) is 1. The maximum absolute atomic E-state index is 14.6. The van der Waals surface area contributed by atoms with E-state index in [4.69, 9.17) is 0 Å². The Balaban J connectivity index is 1.47. The number of nitrogens with one attached hydrogen (secondary N) is 1. The Labute approximate surface area is 202 Å². The summed E-state index contributed by atoms with van der Waals surface area (Å²) in [6.07, 6.45) is -4.42. The van der Waals surface area contributed by atoms with Crippen LogP contribution in [0.5, 0.6) is 0 Å². The molecule has 1 N–H and O–H groups in total. The molecule has 1 fully saturated rings. The minimum Gasteiger partial charge on any atom is -0.349 e. The molecule has 4 rings (SSSR count). The second kappa shape index (κ2) is 9.85. The molecule has 14 heteroatoms. The molecule has 190 valence electrons. The molecule has 0 aliphatic carbocycles. The minimum atomic E-state index is -4.59. The first-order valence-electron chi connectivity index (χ1n) is 10.5. The van der Waals surface area contributed by atoms with E-state index in [1.807, 2.05) is 0 Å². The van der Waals surface area contributed by atoms with Gasteiger partial charge in [-0.25, -0.2) is 27.2 Å². The van der Waals surface area contributed by atoms with E-state index < -0.39 is 45.8 Å². The van der Waals surface area contributed by atoms with Gasteiger partial charge in [0.25, 0.3) is 0 Å². The van der Waals surface area contributed by atoms with E-state index in [2.05, 4.69) is 20.3 Å². The first kappa shape index (κ1) is 25.6. The first-order chi connectivity index (χ1) is 17.0. The normalized spacial score (nSPS) is 18.8. The second-order valence-corrected chi connectivity index (χ2v) is 9.75. The summed E-state index contributed by atoms with van der Waals surface area (Å²) in [4.78, 5) is 23.8. The Morgan fingerprint density at radius 1 is 1.08 bits per heavy atom. The van der Waals surface area contributed by atoms with E-state index in [0.29, 0.717) is 0 Å². The van der Waals surface area contributed by atoms with Crippen molar-refractivity contribution >= 4 is 15.9 Å². The molecule has 2 aromatic heterocycles. The van der Waals surface area contributed by atoms with Gasteiger partial charge in [0, 0.05) is 18.3 Å². The van der Waals surface area contributed by atoms with E-state index in [9.17, 15) is 35.2 Å². The fraction of sp³-hybridized carbons (Fsp3) is 0.273. The number of carbonyl (C=O) groups excluding carboxylic acids is 1. The van der Waals surface area contributed by atoms with Crippen LogP contribution in [0.25, 0.3) is 11.3 Å². The summed E-state index contributed by atoms with van der Waals surface area (Å²) in [5.41, 5.74) is -0.311. The molecule has 0 spiro atoms. The van der Waals surface area contributed by atoms with Crippen molar-refractivity contribution in [3.05, 3.63) is 72.2 Å². The van der Waals surface area contributed by atoms with Crippen molar-refractivity contribution in [2.75, 3.05) is 6.54 Å². The van der Waals surface area contributed by atoms with Crippen LogP contribution in [-0.2, 0) is 27.5 Å². The molecule has 0 bridgehead atoms. The van der Waals surface area contributed by atoms with Crippen LogP contribution >= 0.6 is 0 Å². The number of nitrogens with zero attached hydrogens (tertiary/aromatic N) is 4. The van der Waals surface area contributed by atoms with E-state index >= 15 is 0 Å². The maximum Gasteiger partial charge on any atom is 0.433 e. The Hall–Kier alpha value is -3.52. The summed E-state index contributed by atoms with van der Waals surface area (Å²) < 4.78 is 92.5. The lowest BCUT2D eigenvalue weighted by Gasteiger charge is -2.24. The largest absolute Gasteiger partial charge is 0.433 e. The molecule has 1 aromatic carbocycles. The topological polar surface area (TPSA) is 105 Å². The minimum absolute atomic E-state index is 0.197. The lowest BCUT2D eigenvalue weighted by atomic mass is 10.1. The Morgan fingerprint density at radius 2 is 1.81 bits per heavy atom. The Kier molecular flexibility index (Phi) is 7.00. The molecule has 0 saturated carbocycles. The van der Waals surface area contributed by atoms with Gasteiger partial charge in [-0.1, -0.05) is 0 Å². The summed E-state index contributed by atoms with van der Waals surface area (Å²) in [7, 11) is -4.27. The quantitative estimate of drug-likeness (QED) is 0.494. The molecule has 8 nitrogen and oxygen atoms in total. The fourth-order valence-corrected chi connectivity index (χ4v) is 5.31. The number of rotatable bonds is 6. The monoisotopic (exact) mass is 527 g/mol. The predicted octanol–water partition coefficient (Wildman–Crippen LogP) is 3.11. The van der Waals surface area contributed by atoms with Crippen LogP contribution in [0.4, 0.5) is 22.0 Å². The Morgan fingerprint density at radius 3 is 2.44 bits per heavy atom. The summed E-state index contributed by atoms with van der Waals surface area (Å²) >= 11 is 0. The summed E-state index contributed by atoms with van der Waals surface area (Å²) in [5, 5.41) is 2.44. The Bertz CT molecular complexity index is 1350. The van der Waals surface area contributed by atoms with Gasteiger partial charge in [-0.3, -0.25) is 9.78 Å². The van der Waals surface area contributed by atoms with Crippen molar-refractivity contribution in [3.8, 4) is 11.3 Å². The second-order valence-electron chi connectivity index (χ2n) is 7.86. The van der Waals surface area contributed by atoms with Crippen molar-refractivity contribution in [2.24, 2.45) is 0 Å². The summed E-state index contributed by atoms with van der Waals surface area (Å²) in [6, 6.07) is 5.71. The number of benzene rings is 1. The standard InChI is InChI=1S/C22H18F5N5O3S/c23-14-2-4-16(5-3-14)36(34,35)32-8-7-17(24)20(32)21(33)29-11-15-9-18(31-12-30-15)13-1-6-19(28-10-13)22(25,26)27/h1-6,9-10,12,17,20H,7-8,11H2,(H,29,33)/t17-,20+/m1/s1. The molecule has 1 amide bonds. The van der Waals surface area contributed by atoms with Gasteiger partial charge in [0.1, 0.15) is 30.1 Å². The summed E-state index contributed by atoms with van der Waals surface area (Å²) in [6.45, 7) is -0.465. The highest BCUT2D eigenvalue weighted by molar-refractivity contribution is 7.89. The van der Waals surface area contributed by atoms with Crippen molar-refractivity contribution in [3.63, 3.8) is 0 Å². The van der Waals surface area contributed by atoms with E-state index in [0.717, 1.165) is 47.2 Å². The molecule has 1 aliphatic heterocycles. The average molecular weight is 527 g/mol. The molecule has 1 saturated heterocycles. The zero-order chi connectivity index (χ0) is 26.1. The van der Waals surface area contributed by atoms with Gasteiger partial charge < -0.3 is 5.32 Å². The van der Waals surface area contributed by atoms with Gasteiger partial charge in [-0.05, 0) is 48.9 Å². The van der Waals surface area contributed by atoms with Crippen molar-refractivity contribution in [1.29, 1.82) is 0 Å². The number of pyridine rings is 1. The number of halogens is 5. The van der Waals surface area contributed by atoms with Crippen LogP contribution in [0, 0.1) is 5.82 Å². The summed E-state index contributed by atoms with van der Waals surface area (Å²) in [5.74, 6) is -1.55. The number of sulfonamides is 1. The molecule has 0 radical (unpaired) electrons. The van der Waals surface area contributed by atoms with Crippen molar-refractivity contribution in [1.82, 2.24) is 24.6 Å². The van der Waals surface area contributed by atoms with E-state index in [-0.39, 0.29) is 41.4 Å². The molecule has 36 heavy (non-hydrogen) atoms. The zero-order valence-corrected chi connectivity index (χ0v) is 19.1. The SMILES string of the molecule is O=C(NCc1cc(-c2ccc(C(F)(F)F)nc2)ncn1)[C@@H]1[C@H](F)CCN1S(=O)(=O)c1ccc(F)cc1. The van der Waals surface area contributed by atoms with Gasteiger partial charge in [0.05, 0.1) is 22.8 Å². The van der Waals surface area contributed by atoms with Crippen LogP contribution in [0.3, 0.4) is 0 Å². The number of hydrogen-bond acceptors (Lipinski definition) is 6. The van der Waals surface area contributed by atoms with Gasteiger partial charge in [0.15, 0.2) is 0 Å². The van der Waals surface area contributed by atoms with Gasteiger partial charge in [-0.2, -0.15) is 17.5 Å². The third-order valence-corrected chi connectivity index (χ3v) is 7.38. The molecular formula is C22H18F5N5O3S. The average Bonchev–Trinajstić information content (AvgIpc) is 3.25.